The van der Waals surface area contributed by atoms with E-state index in [-0.39, 0.29) is 29.6 Å². The van der Waals surface area contributed by atoms with Gasteiger partial charge in [0.05, 0.1) is 18.4 Å². The van der Waals surface area contributed by atoms with Gasteiger partial charge in [-0.1, -0.05) is 0 Å². The SMILES string of the molecule is CC(C)(C)OC(=O)N1CCC2(CC1)CC(COCc1cc(F)c(C(=O)NS(C)(=O)=O)cc1C1CC1)C2. The van der Waals surface area contributed by atoms with Gasteiger partial charge in [0.1, 0.15) is 11.4 Å². The molecule has 2 amide bonds. The summed E-state index contributed by atoms with van der Waals surface area (Å²) >= 11 is 0. The average Bonchev–Trinajstić information content (AvgIpc) is 3.55. The Morgan fingerprint density at radius 3 is 2.36 bits per heavy atom. The largest absolute Gasteiger partial charge is 0.444 e. The van der Waals surface area contributed by atoms with Gasteiger partial charge in [0.25, 0.3) is 5.91 Å². The van der Waals surface area contributed by atoms with E-state index in [1.54, 1.807) is 4.90 Å². The zero-order valence-corrected chi connectivity index (χ0v) is 22.4. The van der Waals surface area contributed by atoms with Crippen LogP contribution in [0.3, 0.4) is 0 Å². The Kier molecular flexibility index (Phi) is 7.41. The zero-order chi connectivity index (χ0) is 26.3. The normalized spacial score (nSPS) is 20.2. The summed E-state index contributed by atoms with van der Waals surface area (Å²) in [5.74, 6) is -1.02. The maximum Gasteiger partial charge on any atom is 0.410 e. The van der Waals surface area contributed by atoms with Crippen LogP contribution >= 0.6 is 0 Å². The molecule has 36 heavy (non-hydrogen) atoms. The van der Waals surface area contributed by atoms with Crippen LogP contribution in [0.15, 0.2) is 12.1 Å². The van der Waals surface area contributed by atoms with Gasteiger partial charge in [-0.15, -0.1) is 0 Å². The molecule has 10 heteroatoms. The number of amides is 2. The van der Waals surface area contributed by atoms with Crippen molar-refractivity contribution in [2.24, 2.45) is 11.3 Å². The van der Waals surface area contributed by atoms with Crippen molar-refractivity contribution in [1.29, 1.82) is 0 Å². The molecular formula is C26H37FN2O6S. The molecule has 3 aliphatic rings. The number of rotatable bonds is 7. The van der Waals surface area contributed by atoms with Gasteiger partial charge in [-0.2, -0.15) is 0 Å². The number of benzene rings is 1. The lowest BCUT2D eigenvalue weighted by atomic mass is 9.58. The van der Waals surface area contributed by atoms with Crippen molar-refractivity contribution in [3.8, 4) is 0 Å². The summed E-state index contributed by atoms with van der Waals surface area (Å²) in [6.07, 6.45) is 6.59. The highest BCUT2D eigenvalue weighted by atomic mass is 32.2. The molecule has 0 bridgehead atoms. The van der Waals surface area contributed by atoms with Crippen molar-refractivity contribution in [3.63, 3.8) is 0 Å². The molecule has 0 unspecified atom stereocenters. The maximum atomic E-state index is 14.7. The quantitative estimate of drug-likeness (QED) is 0.570. The highest BCUT2D eigenvalue weighted by Gasteiger charge is 2.46. The van der Waals surface area contributed by atoms with Crippen LogP contribution in [-0.2, 0) is 26.1 Å². The van der Waals surface area contributed by atoms with E-state index in [9.17, 15) is 22.4 Å². The first-order valence-electron chi connectivity index (χ1n) is 12.6. The van der Waals surface area contributed by atoms with E-state index in [1.165, 1.54) is 12.1 Å². The molecule has 3 fully saturated rings. The van der Waals surface area contributed by atoms with Crippen molar-refractivity contribution < 1.29 is 31.9 Å². The first-order chi connectivity index (χ1) is 16.7. The number of carbonyl (C=O) groups is 2. The Morgan fingerprint density at radius 2 is 1.81 bits per heavy atom. The van der Waals surface area contributed by atoms with Crippen LogP contribution in [0.1, 0.15) is 86.7 Å². The van der Waals surface area contributed by atoms with Gasteiger partial charge in [-0.25, -0.2) is 22.3 Å². The minimum absolute atomic E-state index is 0.241. The summed E-state index contributed by atoms with van der Waals surface area (Å²) in [4.78, 5) is 26.3. The van der Waals surface area contributed by atoms with Crippen LogP contribution in [0.2, 0.25) is 0 Å². The van der Waals surface area contributed by atoms with Crippen molar-refractivity contribution >= 4 is 22.0 Å². The van der Waals surface area contributed by atoms with E-state index >= 15 is 0 Å². The molecule has 2 saturated carbocycles. The van der Waals surface area contributed by atoms with Gasteiger partial charge in [-0.05, 0) is 99.8 Å². The monoisotopic (exact) mass is 524 g/mol. The number of halogens is 1. The first kappa shape index (κ1) is 26.9. The highest BCUT2D eigenvalue weighted by Crippen LogP contribution is 2.52. The third-order valence-electron chi connectivity index (χ3n) is 7.30. The van der Waals surface area contributed by atoms with Gasteiger partial charge in [0, 0.05) is 19.7 Å². The summed E-state index contributed by atoms with van der Waals surface area (Å²) in [5, 5.41) is 0. The fourth-order valence-electron chi connectivity index (χ4n) is 5.44. The summed E-state index contributed by atoms with van der Waals surface area (Å²) in [7, 11) is -3.78. The van der Waals surface area contributed by atoms with E-state index in [0.29, 0.717) is 31.2 Å². The first-order valence-corrected chi connectivity index (χ1v) is 14.5. The summed E-state index contributed by atoms with van der Waals surface area (Å²) < 4.78 is 50.7. The second kappa shape index (κ2) is 9.93. The standard InChI is InChI=1S/C26H37FN2O6S/c1-25(2,3)35-24(31)29-9-7-26(8-10-29)13-17(14-26)15-34-16-19-11-22(27)21(12-20(19)18-5-6-18)23(30)28-36(4,32)33/h11-12,17-18H,5-10,13-16H2,1-4H3,(H,28,30). The number of ether oxygens (including phenoxy) is 2. The zero-order valence-electron chi connectivity index (χ0n) is 21.6. The Balaban J connectivity index is 1.26. The number of hydrogen-bond donors (Lipinski definition) is 1. The third kappa shape index (κ3) is 6.76. The molecule has 0 atom stereocenters. The number of carbonyl (C=O) groups excluding carboxylic acids is 2. The number of nitrogens with one attached hydrogen (secondary N) is 1. The molecule has 2 aliphatic carbocycles. The van der Waals surface area contributed by atoms with E-state index in [0.717, 1.165) is 50.3 Å². The topological polar surface area (TPSA) is 102 Å². The smallest absolute Gasteiger partial charge is 0.410 e. The van der Waals surface area contributed by atoms with Gasteiger partial charge < -0.3 is 14.4 Å². The van der Waals surface area contributed by atoms with Crippen LogP contribution in [0, 0.1) is 17.2 Å². The van der Waals surface area contributed by atoms with E-state index in [4.69, 9.17) is 9.47 Å². The molecule has 8 nitrogen and oxygen atoms in total. The Bertz CT molecular complexity index is 1110. The molecule has 1 spiro atoms. The predicted molar refractivity (Wildman–Crippen MR) is 133 cm³/mol. The van der Waals surface area contributed by atoms with Gasteiger partial charge in [-0.3, -0.25) is 4.79 Å². The third-order valence-corrected chi connectivity index (χ3v) is 7.86. The molecule has 1 aromatic carbocycles. The Morgan fingerprint density at radius 1 is 1.17 bits per heavy atom. The lowest BCUT2D eigenvalue weighted by Crippen LogP contribution is -2.50. The predicted octanol–water partition coefficient (Wildman–Crippen LogP) is 4.34. The second-order valence-electron chi connectivity index (χ2n) is 11.8. The summed E-state index contributed by atoms with van der Waals surface area (Å²) in [6.45, 7) is 7.89. The Hall–Kier alpha value is -2.20. The minimum Gasteiger partial charge on any atom is -0.444 e. The summed E-state index contributed by atoms with van der Waals surface area (Å²) in [6, 6.07) is 2.78. The number of piperidine rings is 1. The molecule has 200 valence electrons. The summed E-state index contributed by atoms with van der Waals surface area (Å²) in [5.41, 5.74) is 1.09. The number of sulfonamides is 1. The highest BCUT2D eigenvalue weighted by molar-refractivity contribution is 7.89. The van der Waals surface area contributed by atoms with Crippen molar-refractivity contribution in [3.05, 3.63) is 34.6 Å². The maximum absolute atomic E-state index is 14.7. The van der Waals surface area contributed by atoms with Crippen molar-refractivity contribution in [2.45, 2.75) is 77.4 Å². The fraction of sp³-hybridized carbons (Fsp3) is 0.692. The minimum atomic E-state index is -3.78. The molecule has 1 saturated heterocycles. The lowest BCUT2D eigenvalue weighted by molar-refractivity contribution is -0.0562. The molecule has 1 N–H and O–H groups in total. The van der Waals surface area contributed by atoms with Crippen LogP contribution in [0.4, 0.5) is 9.18 Å². The van der Waals surface area contributed by atoms with Crippen molar-refractivity contribution in [1.82, 2.24) is 9.62 Å². The molecule has 0 aromatic heterocycles. The number of likely N-dealkylation sites (tertiary alicyclic amines) is 1. The molecule has 0 radical (unpaired) electrons. The second-order valence-corrected chi connectivity index (χ2v) is 13.5. The van der Waals surface area contributed by atoms with Crippen LogP contribution < -0.4 is 4.72 Å². The van der Waals surface area contributed by atoms with Crippen molar-refractivity contribution in [2.75, 3.05) is 26.0 Å². The molecular weight excluding hydrogens is 487 g/mol. The average molecular weight is 525 g/mol. The number of nitrogens with zero attached hydrogens (tertiary/aromatic N) is 1. The Labute approximate surface area is 212 Å². The van der Waals surface area contributed by atoms with E-state index < -0.39 is 27.3 Å². The van der Waals surface area contributed by atoms with E-state index in [2.05, 4.69) is 0 Å². The number of hydrogen-bond acceptors (Lipinski definition) is 6. The van der Waals surface area contributed by atoms with Gasteiger partial charge in [0.15, 0.2) is 0 Å². The molecule has 1 aliphatic heterocycles. The fourth-order valence-corrected chi connectivity index (χ4v) is 5.89. The van der Waals surface area contributed by atoms with Crippen LogP contribution in [-0.4, -0.2) is 56.9 Å². The molecule has 1 aromatic rings. The van der Waals surface area contributed by atoms with Crippen LogP contribution in [0.25, 0.3) is 0 Å². The molecule has 4 rings (SSSR count). The van der Waals surface area contributed by atoms with Crippen LogP contribution in [0.5, 0.6) is 0 Å². The van der Waals surface area contributed by atoms with E-state index in [1.807, 2.05) is 25.5 Å². The van der Waals surface area contributed by atoms with Gasteiger partial charge >= 0.3 is 6.09 Å². The van der Waals surface area contributed by atoms with Gasteiger partial charge in [0.2, 0.25) is 10.0 Å². The molecule has 1 heterocycles. The lowest BCUT2D eigenvalue weighted by Gasteiger charge is -2.52.